The van der Waals surface area contributed by atoms with Crippen molar-refractivity contribution in [1.82, 2.24) is 0 Å². The van der Waals surface area contributed by atoms with Crippen molar-refractivity contribution in [3.63, 3.8) is 0 Å². The van der Waals surface area contributed by atoms with Gasteiger partial charge in [0.1, 0.15) is 9.85 Å². The van der Waals surface area contributed by atoms with E-state index in [4.69, 9.17) is 5.21 Å². The van der Waals surface area contributed by atoms with E-state index in [1.54, 1.807) is 0 Å². The fourth-order valence-electron chi connectivity index (χ4n) is 0.345. The van der Waals surface area contributed by atoms with Crippen molar-refractivity contribution in [2.45, 2.75) is 6.17 Å². The average Bonchev–Trinajstić information content (AvgIpc) is 1.85. The number of amidine groups is 1. The zero-order chi connectivity index (χ0) is 9.02. The van der Waals surface area contributed by atoms with Gasteiger partial charge in [-0.25, -0.2) is 0 Å². The Kier molecular flexibility index (Phi) is 2.71. The maximum atomic E-state index is 9.83. The summed E-state index contributed by atoms with van der Waals surface area (Å²) in [5, 5.41) is 29.7. The number of nitrogens with two attached hydrogens (primary N) is 1. The third-order valence-corrected chi connectivity index (χ3v) is 0.779. The normalized spacial score (nSPS) is 11.5. The first-order chi connectivity index (χ1) is 5.00. The first-order valence-corrected chi connectivity index (χ1v) is 2.25. The second kappa shape index (κ2) is 3.29. The molecule has 9 nitrogen and oxygen atoms in total. The highest BCUT2D eigenvalue weighted by Crippen LogP contribution is 1.90. The van der Waals surface area contributed by atoms with E-state index in [2.05, 4.69) is 10.9 Å². The van der Waals surface area contributed by atoms with Gasteiger partial charge in [0.05, 0.1) is 0 Å². The molecule has 3 N–H and O–H groups in total. The van der Waals surface area contributed by atoms with Gasteiger partial charge in [-0.3, -0.25) is 20.2 Å². The highest BCUT2D eigenvalue weighted by molar-refractivity contribution is 5.82. The van der Waals surface area contributed by atoms with Crippen LogP contribution in [0.25, 0.3) is 0 Å². The van der Waals surface area contributed by atoms with Crippen molar-refractivity contribution < 1.29 is 15.1 Å². The van der Waals surface area contributed by atoms with Crippen LogP contribution in [-0.4, -0.2) is 27.1 Å². The van der Waals surface area contributed by atoms with Gasteiger partial charge in [-0.15, -0.1) is 0 Å². The van der Waals surface area contributed by atoms with Crippen LogP contribution in [0.15, 0.2) is 5.16 Å². The SMILES string of the molecule is N/C(=N\O)C([N+](=O)[O-])[N+](=O)[O-]. The number of nitrogens with zero attached hydrogens (tertiary/aromatic N) is 3. The monoisotopic (exact) mass is 164 g/mol. The van der Waals surface area contributed by atoms with Crippen molar-refractivity contribution in [3.8, 4) is 0 Å². The Morgan fingerprint density at radius 2 is 1.82 bits per heavy atom. The van der Waals surface area contributed by atoms with Crippen LogP contribution in [0.2, 0.25) is 0 Å². The molecule has 0 rings (SSSR count). The van der Waals surface area contributed by atoms with Crippen LogP contribution in [0, 0.1) is 20.2 Å². The molecular formula is C2H4N4O5. The highest BCUT2D eigenvalue weighted by atomic mass is 16.7. The molecule has 0 aliphatic heterocycles. The van der Waals surface area contributed by atoms with Crippen LogP contribution in [0.4, 0.5) is 0 Å². The number of hydrogen-bond acceptors (Lipinski definition) is 6. The molecule has 0 aliphatic carbocycles. The molecule has 11 heavy (non-hydrogen) atoms. The molecule has 0 unspecified atom stereocenters. The van der Waals surface area contributed by atoms with E-state index in [-0.39, 0.29) is 0 Å². The minimum absolute atomic E-state index is 1.06. The summed E-state index contributed by atoms with van der Waals surface area (Å²) in [7, 11) is 0. The molecule has 9 heteroatoms. The second-order valence-corrected chi connectivity index (χ2v) is 1.47. The lowest BCUT2D eigenvalue weighted by Crippen LogP contribution is -2.41. The molecule has 0 heterocycles. The minimum Gasteiger partial charge on any atom is -0.409 e. The van der Waals surface area contributed by atoms with Crippen molar-refractivity contribution >= 4 is 5.84 Å². The number of oxime groups is 1. The van der Waals surface area contributed by atoms with Gasteiger partial charge in [0.15, 0.2) is 0 Å². The number of nitro groups is 2. The molecule has 0 aromatic rings. The molecule has 0 atom stereocenters. The Balaban J connectivity index is 4.62. The van der Waals surface area contributed by atoms with Gasteiger partial charge in [-0.2, -0.15) is 0 Å². The lowest BCUT2D eigenvalue weighted by Gasteiger charge is -1.97. The van der Waals surface area contributed by atoms with E-state index in [1.807, 2.05) is 0 Å². The maximum Gasteiger partial charge on any atom is 0.510 e. The van der Waals surface area contributed by atoms with Crippen LogP contribution in [-0.2, 0) is 0 Å². The minimum atomic E-state index is -2.38. The van der Waals surface area contributed by atoms with Crippen LogP contribution in [0.5, 0.6) is 0 Å². The van der Waals surface area contributed by atoms with Gasteiger partial charge in [0, 0.05) is 0 Å². The smallest absolute Gasteiger partial charge is 0.409 e. The summed E-state index contributed by atoms with van der Waals surface area (Å²) >= 11 is 0. The summed E-state index contributed by atoms with van der Waals surface area (Å²) < 4.78 is 0. The number of rotatable bonds is 3. The molecule has 0 amide bonds. The Labute approximate surface area is 59.4 Å². The van der Waals surface area contributed by atoms with Gasteiger partial charge in [0.25, 0.3) is 5.84 Å². The third-order valence-electron chi connectivity index (χ3n) is 0.779. The predicted molar refractivity (Wildman–Crippen MR) is 31.2 cm³/mol. The molecule has 0 fully saturated rings. The molecule has 0 spiro atoms. The van der Waals surface area contributed by atoms with Crippen LogP contribution in [0.3, 0.4) is 0 Å². The summed E-state index contributed by atoms with van der Waals surface area (Å²) in [4.78, 5) is 17.1. The molecule has 0 aromatic heterocycles. The predicted octanol–water partition coefficient (Wildman–Crippen LogP) is -1.39. The summed E-state index contributed by atoms with van der Waals surface area (Å²) in [6.45, 7) is 0. The first kappa shape index (κ1) is 9.07. The van der Waals surface area contributed by atoms with E-state index < -0.39 is 21.8 Å². The van der Waals surface area contributed by atoms with Gasteiger partial charge in [-0.1, -0.05) is 5.16 Å². The molecule has 62 valence electrons. The van der Waals surface area contributed by atoms with E-state index >= 15 is 0 Å². The summed E-state index contributed by atoms with van der Waals surface area (Å²) in [5.41, 5.74) is 4.64. The number of hydrogen-bond donors (Lipinski definition) is 2. The van der Waals surface area contributed by atoms with Gasteiger partial charge >= 0.3 is 6.17 Å². The van der Waals surface area contributed by atoms with Gasteiger partial charge in [0.2, 0.25) is 0 Å². The van der Waals surface area contributed by atoms with Crippen LogP contribution in [0.1, 0.15) is 0 Å². The van der Waals surface area contributed by atoms with E-state index in [1.165, 1.54) is 0 Å². The summed E-state index contributed by atoms with van der Waals surface area (Å²) in [5.74, 6) is -1.06. The lowest BCUT2D eigenvalue weighted by molar-refractivity contribution is -0.720. The Hall–Kier alpha value is -1.93. The Bertz CT molecular complexity index is 197. The van der Waals surface area contributed by atoms with E-state index in [0.29, 0.717) is 0 Å². The fraction of sp³-hybridized carbons (Fsp3) is 0.500. The topological polar surface area (TPSA) is 145 Å². The molecule has 0 saturated heterocycles. The largest absolute Gasteiger partial charge is 0.510 e. The van der Waals surface area contributed by atoms with Gasteiger partial charge < -0.3 is 10.9 Å². The molecule has 0 aromatic carbocycles. The van der Waals surface area contributed by atoms with Crippen LogP contribution < -0.4 is 5.73 Å². The zero-order valence-corrected chi connectivity index (χ0v) is 5.08. The van der Waals surface area contributed by atoms with Crippen LogP contribution >= 0.6 is 0 Å². The third kappa shape index (κ3) is 2.04. The molecule has 0 radical (unpaired) electrons. The fourth-order valence-corrected chi connectivity index (χ4v) is 0.345. The molecule has 0 saturated carbocycles. The summed E-state index contributed by atoms with van der Waals surface area (Å²) in [6.07, 6.45) is -2.38. The summed E-state index contributed by atoms with van der Waals surface area (Å²) in [6, 6.07) is 0. The second-order valence-electron chi connectivity index (χ2n) is 1.47. The Morgan fingerprint density at radius 1 is 1.45 bits per heavy atom. The highest BCUT2D eigenvalue weighted by Gasteiger charge is 2.37. The Morgan fingerprint density at radius 3 is 1.91 bits per heavy atom. The maximum absolute atomic E-state index is 9.83. The average molecular weight is 164 g/mol. The van der Waals surface area contributed by atoms with E-state index in [9.17, 15) is 20.2 Å². The molecule has 0 aliphatic rings. The van der Waals surface area contributed by atoms with E-state index in [0.717, 1.165) is 0 Å². The zero-order valence-electron chi connectivity index (χ0n) is 5.08. The first-order valence-electron chi connectivity index (χ1n) is 2.25. The lowest BCUT2D eigenvalue weighted by atomic mass is 10.5. The molecule has 0 bridgehead atoms. The van der Waals surface area contributed by atoms with Crippen molar-refractivity contribution in [2.75, 3.05) is 0 Å². The van der Waals surface area contributed by atoms with Crippen molar-refractivity contribution in [3.05, 3.63) is 20.2 Å². The molecular weight excluding hydrogens is 160 g/mol. The quantitative estimate of drug-likeness (QED) is 0.131. The van der Waals surface area contributed by atoms with Crippen molar-refractivity contribution in [2.24, 2.45) is 10.9 Å². The van der Waals surface area contributed by atoms with Crippen molar-refractivity contribution in [1.29, 1.82) is 0 Å². The standard InChI is InChI=1S/C2H4N4O5/c3-1(4-7)2(5(8)9)6(10)11/h2,7H,(H2,3,4). The van der Waals surface area contributed by atoms with Gasteiger partial charge in [-0.05, 0) is 0 Å².